The van der Waals surface area contributed by atoms with Gasteiger partial charge in [0.05, 0.1) is 0 Å². The Bertz CT molecular complexity index is 228. The van der Waals surface area contributed by atoms with Crippen molar-refractivity contribution in [1.29, 1.82) is 0 Å². The van der Waals surface area contributed by atoms with Gasteiger partial charge in [-0.3, -0.25) is 0 Å². The molecule has 16 heavy (non-hydrogen) atoms. The Hall–Kier alpha value is -0.460. The van der Waals surface area contributed by atoms with Crippen LogP contribution in [-0.2, 0) is 0 Å². The molecule has 0 N–H and O–H groups in total. The Morgan fingerprint density at radius 3 is 2.44 bits per heavy atom. The molecule has 0 bridgehead atoms. The summed E-state index contributed by atoms with van der Waals surface area (Å²) >= 11 is 0. The lowest BCUT2D eigenvalue weighted by atomic mass is 9.72. The van der Waals surface area contributed by atoms with Gasteiger partial charge in [0.15, 0.2) is 0 Å². The van der Waals surface area contributed by atoms with Crippen LogP contribution in [-0.4, -0.2) is 18.0 Å². The maximum Gasteiger partial charge on any atom is 0.0212 e. The normalized spacial score (nSPS) is 21.9. The first-order valence-corrected chi connectivity index (χ1v) is 7.00. The fourth-order valence-corrected chi connectivity index (χ4v) is 2.77. The highest BCUT2D eigenvalue weighted by molar-refractivity contribution is 5.06. The van der Waals surface area contributed by atoms with Crippen molar-refractivity contribution in [3.63, 3.8) is 0 Å². The molecular formula is C15H29N. The van der Waals surface area contributed by atoms with E-state index in [1.165, 1.54) is 50.9 Å². The van der Waals surface area contributed by atoms with E-state index >= 15 is 0 Å². The zero-order chi connectivity index (χ0) is 12.2. The molecule has 1 aliphatic rings. The molecule has 0 aliphatic carbocycles. The first-order valence-electron chi connectivity index (χ1n) is 7.00. The molecule has 94 valence electrons. The summed E-state index contributed by atoms with van der Waals surface area (Å²) in [5, 5.41) is 0. The number of rotatable bonds is 6. The molecule has 1 rings (SSSR count). The van der Waals surface area contributed by atoms with E-state index in [4.69, 9.17) is 0 Å². The van der Waals surface area contributed by atoms with Crippen LogP contribution in [0.3, 0.4) is 0 Å². The van der Waals surface area contributed by atoms with Crippen LogP contribution in [0, 0.1) is 11.3 Å². The third-order valence-corrected chi connectivity index (χ3v) is 4.75. The summed E-state index contributed by atoms with van der Waals surface area (Å²) < 4.78 is 0. The molecule has 0 radical (unpaired) electrons. The van der Waals surface area contributed by atoms with Crippen LogP contribution in [0.2, 0.25) is 0 Å². The fraction of sp³-hybridized carbons (Fsp3) is 0.867. The molecule has 1 nitrogen and oxygen atoms in total. The maximum atomic E-state index is 4.25. The fourth-order valence-electron chi connectivity index (χ4n) is 2.77. The lowest BCUT2D eigenvalue weighted by Gasteiger charge is -2.33. The molecule has 1 aliphatic heterocycles. The maximum absolute atomic E-state index is 4.25. The van der Waals surface area contributed by atoms with Gasteiger partial charge in [0, 0.05) is 18.8 Å². The first-order chi connectivity index (χ1) is 7.57. The van der Waals surface area contributed by atoms with E-state index in [-0.39, 0.29) is 0 Å². The van der Waals surface area contributed by atoms with Gasteiger partial charge in [-0.2, -0.15) is 0 Å². The number of likely N-dealkylation sites (tertiary alicyclic amines) is 1. The molecule has 1 saturated heterocycles. The summed E-state index contributed by atoms with van der Waals surface area (Å²) in [6.45, 7) is 16.1. The van der Waals surface area contributed by atoms with E-state index in [1.54, 1.807) is 0 Å². The number of hydrogen-bond acceptors (Lipinski definition) is 1. The summed E-state index contributed by atoms with van der Waals surface area (Å²) in [5.74, 6) is 0.826. The number of hydrogen-bond donors (Lipinski definition) is 0. The molecule has 0 amide bonds. The predicted molar refractivity (Wildman–Crippen MR) is 72.4 cm³/mol. The number of unbranched alkanes of at least 4 members (excludes halogenated alkanes) is 1. The second-order valence-corrected chi connectivity index (χ2v) is 5.63. The van der Waals surface area contributed by atoms with Gasteiger partial charge >= 0.3 is 0 Å². The molecule has 0 aromatic carbocycles. The molecule has 1 heterocycles. The summed E-state index contributed by atoms with van der Waals surface area (Å²) in [5.41, 5.74) is 1.90. The van der Waals surface area contributed by atoms with Crippen molar-refractivity contribution in [3.05, 3.63) is 12.3 Å². The van der Waals surface area contributed by atoms with Crippen LogP contribution >= 0.6 is 0 Å². The standard InChI is InChI=1S/C15H29N/c1-6-9-10-16-12-14(11-13(16)4)15(5,7-2)8-3/h14H,4,6-12H2,1-3,5H3. The predicted octanol–water partition coefficient (Wildman–Crippen LogP) is 4.45. The van der Waals surface area contributed by atoms with Gasteiger partial charge < -0.3 is 4.90 Å². The minimum absolute atomic E-state index is 0.518. The molecule has 0 aromatic rings. The molecule has 1 unspecified atom stereocenters. The van der Waals surface area contributed by atoms with Gasteiger partial charge in [0.2, 0.25) is 0 Å². The topological polar surface area (TPSA) is 3.24 Å². The molecule has 0 aromatic heterocycles. The van der Waals surface area contributed by atoms with E-state index in [9.17, 15) is 0 Å². The van der Waals surface area contributed by atoms with Gasteiger partial charge in [0.1, 0.15) is 0 Å². The zero-order valence-electron chi connectivity index (χ0n) is 11.7. The monoisotopic (exact) mass is 223 g/mol. The van der Waals surface area contributed by atoms with Crippen molar-refractivity contribution in [3.8, 4) is 0 Å². The average Bonchev–Trinajstić information content (AvgIpc) is 2.67. The number of allylic oxidation sites excluding steroid dienone is 1. The largest absolute Gasteiger partial charge is 0.375 e. The van der Waals surface area contributed by atoms with Gasteiger partial charge in [0.25, 0.3) is 0 Å². The lowest BCUT2D eigenvalue weighted by molar-refractivity contribution is 0.167. The van der Waals surface area contributed by atoms with Crippen LogP contribution in [0.5, 0.6) is 0 Å². The molecule has 0 saturated carbocycles. The second-order valence-electron chi connectivity index (χ2n) is 5.63. The van der Waals surface area contributed by atoms with Crippen molar-refractivity contribution >= 4 is 0 Å². The van der Waals surface area contributed by atoms with Crippen LogP contribution in [0.1, 0.15) is 59.8 Å². The molecule has 1 atom stereocenters. The number of nitrogens with zero attached hydrogens (tertiary/aromatic N) is 1. The summed E-state index contributed by atoms with van der Waals surface area (Å²) in [4.78, 5) is 2.53. The Morgan fingerprint density at radius 1 is 1.31 bits per heavy atom. The second kappa shape index (κ2) is 5.75. The van der Waals surface area contributed by atoms with Crippen molar-refractivity contribution in [1.82, 2.24) is 4.90 Å². The van der Waals surface area contributed by atoms with Crippen molar-refractivity contribution in [2.24, 2.45) is 11.3 Å². The van der Waals surface area contributed by atoms with Gasteiger partial charge in [-0.25, -0.2) is 0 Å². The Kier molecular flexibility index (Phi) is 4.89. The van der Waals surface area contributed by atoms with Gasteiger partial charge in [-0.05, 0) is 24.2 Å². The Morgan fingerprint density at radius 2 is 1.94 bits per heavy atom. The summed E-state index contributed by atoms with van der Waals surface area (Å²) in [6, 6.07) is 0. The molecule has 0 spiro atoms. The Labute approximate surface area is 102 Å². The summed E-state index contributed by atoms with van der Waals surface area (Å²) in [6.07, 6.45) is 6.40. The smallest absolute Gasteiger partial charge is 0.0212 e. The Balaban J connectivity index is 2.58. The highest BCUT2D eigenvalue weighted by atomic mass is 15.2. The average molecular weight is 223 g/mol. The summed E-state index contributed by atoms with van der Waals surface area (Å²) in [7, 11) is 0. The minimum Gasteiger partial charge on any atom is -0.375 e. The zero-order valence-corrected chi connectivity index (χ0v) is 11.7. The third kappa shape index (κ3) is 2.81. The van der Waals surface area contributed by atoms with Crippen molar-refractivity contribution in [2.45, 2.75) is 59.8 Å². The van der Waals surface area contributed by atoms with E-state index in [0.29, 0.717) is 5.41 Å². The highest BCUT2D eigenvalue weighted by Gasteiger charge is 2.37. The molecular weight excluding hydrogens is 194 g/mol. The first kappa shape index (κ1) is 13.6. The van der Waals surface area contributed by atoms with Crippen LogP contribution in [0.15, 0.2) is 12.3 Å². The third-order valence-electron chi connectivity index (χ3n) is 4.75. The molecule has 1 heteroatoms. The van der Waals surface area contributed by atoms with Crippen LogP contribution in [0.25, 0.3) is 0 Å². The van der Waals surface area contributed by atoms with E-state index in [0.717, 1.165) is 5.92 Å². The van der Waals surface area contributed by atoms with Crippen LogP contribution in [0.4, 0.5) is 0 Å². The van der Waals surface area contributed by atoms with E-state index in [2.05, 4.69) is 39.2 Å². The van der Waals surface area contributed by atoms with Crippen molar-refractivity contribution in [2.75, 3.05) is 13.1 Å². The minimum atomic E-state index is 0.518. The van der Waals surface area contributed by atoms with E-state index in [1.807, 2.05) is 0 Å². The SMILES string of the molecule is C=C1CC(C(C)(CC)CC)CN1CCCC. The van der Waals surface area contributed by atoms with Gasteiger partial charge in [-0.15, -0.1) is 0 Å². The highest BCUT2D eigenvalue weighted by Crippen LogP contribution is 2.43. The van der Waals surface area contributed by atoms with Crippen LogP contribution < -0.4 is 0 Å². The van der Waals surface area contributed by atoms with Crippen molar-refractivity contribution < 1.29 is 0 Å². The van der Waals surface area contributed by atoms with E-state index < -0.39 is 0 Å². The lowest BCUT2D eigenvalue weighted by Crippen LogP contribution is -2.29. The quantitative estimate of drug-likeness (QED) is 0.643. The van der Waals surface area contributed by atoms with Gasteiger partial charge in [-0.1, -0.05) is 53.5 Å². The molecule has 1 fully saturated rings.